The maximum Gasteiger partial charge on any atom is 0.323 e. The molecule has 0 fully saturated rings. The third kappa shape index (κ3) is 6.04. The Morgan fingerprint density at radius 3 is 2.30 bits per heavy atom. The highest BCUT2D eigenvalue weighted by atomic mass is 16.5. The van der Waals surface area contributed by atoms with Crippen molar-refractivity contribution >= 4 is 11.9 Å². The van der Waals surface area contributed by atoms with Gasteiger partial charge in [-0.1, -0.05) is 27.7 Å². The van der Waals surface area contributed by atoms with Crippen LogP contribution in [0.1, 0.15) is 54.4 Å². The zero-order valence-electron chi connectivity index (χ0n) is 13.4. The van der Waals surface area contributed by atoms with E-state index < -0.39 is 0 Å². The summed E-state index contributed by atoms with van der Waals surface area (Å²) in [6, 6.07) is 0.272. The number of anilines is 2. The normalized spacial score (nSPS) is 12.3. The fourth-order valence-electron chi connectivity index (χ4n) is 2.36. The molecule has 0 atom stereocenters. The number of nitrogen functional groups attached to an aromatic ring is 1. The average Bonchev–Trinajstić information content (AvgIpc) is 2.21. The molecule has 6 nitrogen and oxygen atoms in total. The molecular formula is C14H27N5O. The van der Waals surface area contributed by atoms with Gasteiger partial charge in [-0.15, -0.1) is 0 Å². The van der Waals surface area contributed by atoms with Gasteiger partial charge in [-0.05, 0) is 32.1 Å². The lowest BCUT2D eigenvalue weighted by molar-refractivity contribution is 0.289. The molecule has 0 unspecified atom stereocenters. The molecular weight excluding hydrogens is 254 g/mol. The van der Waals surface area contributed by atoms with Crippen LogP contribution in [-0.2, 0) is 0 Å². The Kier molecular flexibility index (Phi) is 5.14. The molecule has 0 aliphatic carbocycles. The molecule has 0 saturated carbocycles. The first-order valence-electron chi connectivity index (χ1n) is 7.04. The Morgan fingerprint density at radius 1 is 1.10 bits per heavy atom. The van der Waals surface area contributed by atoms with Crippen molar-refractivity contribution in [3.05, 3.63) is 0 Å². The van der Waals surface area contributed by atoms with Gasteiger partial charge >= 0.3 is 6.01 Å². The lowest BCUT2D eigenvalue weighted by Crippen LogP contribution is -2.36. The van der Waals surface area contributed by atoms with Crippen molar-refractivity contribution in [3.63, 3.8) is 0 Å². The molecule has 0 aliphatic heterocycles. The van der Waals surface area contributed by atoms with E-state index in [9.17, 15) is 0 Å². The summed E-state index contributed by atoms with van der Waals surface area (Å²) < 4.78 is 5.41. The van der Waals surface area contributed by atoms with Crippen molar-refractivity contribution in [2.45, 2.75) is 59.9 Å². The summed E-state index contributed by atoms with van der Waals surface area (Å²) in [5.41, 5.74) is 5.76. The summed E-state index contributed by atoms with van der Waals surface area (Å²) in [6.45, 7) is 13.4. The van der Waals surface area contributed by atoms with E-state index in [2.05, 4.69) is 54.9 Å². The van der Waals surface area contributed by atoms with Crippen LogP contribution in [0, 0.1) is 5.41 Å². The number of ether oxygens (including phenoxy) is 1. The molecule has 0 aromatic carbocycles. The minimum Gasteiger partial charge on any atom is -0.463 e. The second-order valence-electron chi connectivity index (χ2n) is 6.89. The fourth-order valence-corrected chi connectivity index (χ4v) is 2.36. The lowest BCUT2D eigenvalue weighted by atomic mass is 9.82. The minimum absolute atomic E-state index is 0.145. The standard InChI is InChI=1S/C14H27N5O/c1-7-8-20-12-17-10(15)16-11(18-12)19-14(5,6)9-13(2,3)4/h7-9H2,1-6H3,(H3,15,16,17,18,19). The van der Waals surface area contributed by atoms with Crippen molar-refractivity contribution < 1.29 is 4.74 Å². The van der Waals surface area contributed by atoms with Gasteiger partial charge in [-0.2, -0.15) is 15.0 Å². The number of hydrogen-bond acceptors (Lipinski definition) is 6. The number of nitrogens with one attached hydrogen (secondary N) is 1. The van der Waals surface area contributed by atoms with Gasteiger partial charge in [-0.25, -0.2) is 0 Å². The molecule has 0 aliphatic rings. The molecule has 1 aromatic rings. The van der Waals surface area contributed by atoms with E-state index in [0.29, 0.717) is 12.6 Å². The second-order valence-corrected chi connectivity index (χ2v) is 6.89. The Labute approximate surface area is 121 Å². The first-order valence-corrected chi connectivity index (χ1v) is 7.04. The SMILES string of the molecule is CCCOc1nc(N)nc(NC(C)(C)CC(C)(C)C)n1. The van der Waals surface area contributed by atoms with Gasteiger partial charge < -0.3 is 15.8 Å². The van der Waals surface area contributed by atoms with Crippen LogP contribution < -0.4 is 15.8 Å². The maximum atomic E-state index is 5.70. The van der Waals surface area contributed by atoms with Crippen LogP contribution in [0.3, 0.4) is 0 Å². The number of hydrogen-bond donors (Lipinski definition) is 2. The smallest absolute Gasteiger partial charge is 0.323 e. The molecule has 1 aromatic heterocycles. The molecule has 0 spiro atoms. The third-order valence-corrected chi connectivity index (χ3v) is 2.49. The number of nitrogens with two attached hydrogens (primary N) is 1. The Morgan fingerprint density at radius 2 is 1.75 bits per heavy atom. The topological polar surface area (TPSA) is 86.0 Å². The summed E-state index contributed by atoms with van der Waals surface area (Å²) >= 11 is 0. The highest BCUT2D eigenvalue weighted by Crippen LogP contribution is 2.29. The number of nitrogens with zero attached hydrogens (tertiary/aromatic N) is 3. The van der Waals surface area contributed by atoms with E-state index in [4.69, 9.17) is 10.5 Å². The van der Waals surface area contributed by atoms with Gasteiger partial charge in [0.05, 0.1) is 6.61 Å². The summed E-state index contributed by atoms with van der Waals surface area (Å²) in [5.74, 6) is 0.623. The summed E-state index contributed by atoms with van der Waals surface area (Å²) in [6.07, 6.45) is 1.86. The van der Waals surface area contributed by atoms with E-state index in [0.717, 1.165) is 12.8 Å². The molecule has 3 N–H and O–H groups in total. The van der Waals surface area contributed by atoms with Crippen LogP contribution in [0.15, 0.2) is 0 Å². The zero-order valence-corrected chi connectivity index (χ0v) is 13.4. The molecule has 1 heterocycles. The second kappa shape index (κ2) is 6.24. The molecule has 0 saturated heterocycles. The number of aromatic nitrogens is 3. The molecule has 20 heavy (non-hydrogen) atoms. The highest BCUT2D eigenvalue weighted by molar-refractivity contribution is 5.35. The van der Waals surface area contributed by atoms with Crippen LogP contribution in [0.4, 0.5) is 11.9 Å². The van der Waals surface area contributed by atoms with Gasteiger partial charge in [0.2, 0.25) is 11.9 Å². The molecule has 114 valence electrons. The van der Waals surface area contributed by atoms with Crippen molar-refractivity contribution in [2.24, 2.45) is 5.41 Å². The highest BCUT2D eigenvalue weighted by Gasteiger charge is 2.26. The van der Waals surface area contributed by atoms with Crippen molar-refractivity contribution in [2.75, 3.05) is 17.7 Å². The van der Waals surface area contributed by atoms with E-state index in [1.165, 1.54) is 0 Å². The third-order valence-electron chi connectivity index (χ3n) is 2.49. The quantitative estimate of drug-likeness (QED) is 0.834. The molecule has 0 amide bonds. The predicted molar refractivity (Wildman–Crippen MR) is 81.8 cm³/mol. The van der Waals surface area contributed by atoms with Gasteiger partial charge in [0.15, 0.2) is 0 Å². The van der Waals surface area contributed by atoms with Crippen LogP contribution in [0.25, 0.3) is 0 Å². The minimum atomic E-state index is -0.145. The summed E-state index contributed by atoms with van der Waals surface area (Å²) in [7, 11) is 0. The fraction of sp³-hybridized carbons (Fsp3) is 0.786. The molecule has 1 rings (SSSR count). The average molecular weight is 281 g/mol. The van der Waals surface area contributed by atoms with Gasteiger partial charge in [0.1, 0.15) is 0 Å². The molecule has 0 bridgehead atoms. The van der Waals surface area contributed by atoms with E-state index >= 15 is 0 Å². The first-order chi connectivity index (χ1) is 9.11. The van der Waals surface area contributed by atoms with Crippen molar-refractivity contribution in [3.8, 4) is 6.01 Å². The van der Waals surface area contributed by atoms with Crippen LogP contribution in [0.5, 0.6) is 6.01 Å². The van der Waals surface area contributed by atoms with E-state index in [-0.39, 0.29) is 22.9 Å². The van der Waals surface area contributed by atoms with Crippen molar-refractivity contribution in [1.29, 1.82) is 0 Å². The number of rotatable bonds is 6. The maximum absolute atomic E-state index is 5.70. The van der Waals surface area contributed by atoms with Crippen molar-refractivity contribution in [1.82, 2.24) is 15.0 Å². The zero-order chi connectivity index (χ0) is 15.4. The predicted octanol–water partition coefficient (Wildman–Crippen LogP) is 2.87. The first kappa shape index (κ1) is 16.5. The van der Waals surface area contributed by atoms with Crippen LogP contribution >= 0.6 is 0 Å². The summed E-state index contributed by atoms with van der Waals surface area (Å²) in [4.78, 5) is 12.3. The Bertz CT molecular complexity index is 440. The molecule has 6 heteroatoms. The summed E-state index contributed by atoms with van der Waals surface area (Å²) in [5, 5.41) is 3.31. The van der Waals surface area contributed by atoms with E-state index in [1.54, 1.807) is 0 Å². The van der Waals surface area contributed by atoms with Gasteiger partial charge in [0, 0.05) is 5.54 Å². The lowest BCUT2D eigenvalue weighted by Gasteiger charge is -2.33. The monoisotopic (exact) mass is 281 g/mol. The van der Waals surface area contributed by atoms with Crippen LogP contribution in [0.2, 0.25) is 0 Å². The largest absolute Gasteiger partial charge is 0.463 e. The Balaban J connectivity index is 2.83. The molecule has 0 radical (unpaired) electrons. The van der Waals surface area contributed by atoms with Crippen LogP contribution in [-0.4, -0.2) is 27.1 Å². The Hall–Kier alpha value is -1.59. The van der Waals surface area contributed by atoms with E-state index in [1.807, 2.05) is 6.92 Å². The van der Waals surface area contributed by atoms with Gasteiger partial charge in [0.25, 0.3) is 0 Å². The van der Waals surface area contributed by atoms with Gasteiger partial charge in [-0.3, -0.25) is 0 Å².